The number of thiol groups is 1. The second-order valence-corrected chi connectivity index (χ2v) is 3.08. The van der Waals surface area contributed by atoms with E-state index in [1.165, 1.54) is 0 Å². The zero-order chi connectivity index (χ0) is 9.23. The van der Waals surface area contributed by atoms with Gasteiger partial charge in [-0.3, -0.25) is 0 Å². The zero-order valence-electron chi connectivity index (χ0n) is 7.95. The van der Waals surface area contributed by atoms with Gasteiger partial charge in [0.1, 0.15) is 0 Å². The highest BCUT2D eigenvalue weighted by Gasteiger charge is 1.96. The molecule has 0 spiro atoms. The Bertz CT molecular complexity index is 93.1. The van der Waals surface area contributed by atoms with Crippen molar-refractivity contribution in [2.45, 2.75) is 0 Å². The summed E-state index contributed by atoms with van der Waals surface area (Å²) in [5.74, 6) is 0.793. The van der Waals surface area contributed by atoms with Crippen LogP contribution in [0.4, 0.5) is 0 Å². The molecule has 0 aromatic carbocycles. The highest BCUT2D eigenvalue weighted by Crippen LogP contribution is 1.84. The highest BCUT2D eigenvalue weighted by molar-refractivity contribution is 7.80. The summed E-state index contributed by atoms with van der Waals surface area (Å²) in [6.07, 6.45) is 0. The Labute approximate surface area is 80.4 Å². The van der Waals surface area contributed by atoms with Crippen LogP contribution in [0.5, 0.6) is 0 Å². The largest absolute Gasteiger partial charge is 0.383 e. The van der Waals surface area contributed by atoms with Crippen molar-refractivity contribution in [1.82, 2.24) is 4.90 Å². The number of methoxy groups -OCH3 is 1. The van der Waals surface area contributed by atoms with Crippen LogP contribution in [-0.2, 0) is 9.47 Å². The molecule has 0 radical (unpaired) electrons. The first-order valence-corrected chi connectivity index (χ1v) is 4.80. The minimum absolute atomic E-state index is 0.737. The van der Waals surface area contributed by atoms with E-state index in [1.54, 1.807) is 7.11 Å². The summed E-state index contributed by atoms with van der Waals surface area (Å²) in [6.45, 7) is 4.21. The van der Waals surface area contributed by atoms with Crippen molar-refractivity contribution >= 4 is 12.6 Å². The summed E-state index contributed by atoms with van der Waals surface area (Å²) in [6, 6.07) is 0. The lowest BCUT2D eigenvalue weighted by Crippen LogP contribution is -2.26. The van der Waals surface area contributed by atoms with Gasteiger partial charge in [-0.2, -0.15) is 12.6 Å². The zero-order valence-corrected chi connectivity index (χ0v) is 8.85. The number of hydrogen-bond donors (Lipinski definition) is 1. The van der Waals surface area contributed by atoms with E-state index < -0.39 is 0 Å². The summed E-state index contributed by atoms with van der Waals surface area (Å²) < 4.78 is 10.2. The summed E-state index contributed by atoms with van der Waals surface area (Å²) in [7, 11) is 3.77. The van der Waals surface area contributed by atoms with Crippen molar-refractivity contribution in [3.05, 3.63) is 0 Å². The second-order valence-electron chi connectivity index (χ2n) is 2.63. The van der Waals surface area contributed by atoms with Crippen molar-refractivity contribution < 1.29 is 9.47 Å². The summed E-state index contributed by atoms with van der Waals surface area (Å²) >= 11 is 4.04. The van der Waals surface area contributed by atoms with E-state index in [-0.39, 0.29) is 0 Å². The number of nitrogens with zero attached hydrogens (tertiary/aromatic N) is 1. The molecule has 74 valence electrons. The van der Waals surface area contributed by atoms with Crippen LogP contribution in [0.25, 0.3) is 0 Å². The molecule has 0 saturated heterocycles. The monoisotopic (exact) mass is 193 g/mol. The van der Waals surface area contributed by atoms with Crippen molar-refractivity contribution in [2.24, 2.45) is 0 Å². The quantitative estimate of drug-likeness (QED) is 0.448. The van der Waals surface area contributed by atoms with Gasteiger partial charge in [0.05, 0.1) is 19.8 Å². The van der Waals surface area contributed by atoms with Crippen molar-refractivity contribution in [2.75, 3.05) is 52.8 Å². The third-order valence-corrected chi connectivity index (χ3v) is 1.71. The predicted octanol–water partition coefficient (Wildman–Crippen LogP) is 0.511. The molecular formula is C8H19NO2S. The smallest absolute Gasteiger partial charge is 0.0593 e. The maximum absolute atomic E-state index is 5.27. The molecule has 0 aliphatic heterocycles. The minimum Gasteiger partial charge on any atom is -0.383 e. The molecule has 0 aromatic heterocycles. The van der Waals surface area contributed by atoms with Crippen LogP contribution in [0.1, 0.15) is 0 Å². The van der Waals surface area contributed by atoms with E-state index in [2.05, 4.69) is 24.6 Å². The molecule has 0 atom stereocenters. The molecule has 0 amide bonds. The lowest BCUT2D eigenvalue weighted by atomic mass is 10.5. The molecular weight excluding hydrogens is 174 g/mol. The molecule has 0 aliphatic rings. The van der Waals surface area contributed by atoms with Crippen LogP contribution in [0, 0.1) is 0 Å². The summed E-state index contributed by atoms with van der Waals surface area (Å²) in [4.78, 5) is 2.18. The third-order valence-electron chi connectivity index (χ3n) is 1.53. The average Bonchev–Trinajstić information content (AvgIpc) is 2.09. The molecule has 0 fully saturated rings. The molecule has 0 aromatic rings. The van der Waals surface area contributed by atoms with Gasteiger partial charge in [-0.25, -0.2) is 0 Å². The van der Waals surface area contributed by atoms with Gasteiger partial charge in [-0.05, 0) is 7.05 Å². The maximum Gasteiger partial charge on any atom is 0.0593 e. The molecule has 12 heavy (non-hydrogen) atoms. The fourth-order valence-corrected chi connectivity index (χ4v) is 0.875. The molecule has 0 N–H and O–H groups in total. The van der Waals surface area contributed by atoms with Gasteiger partial charge in [-0.15, -0.1) is 0 Å². The van der Waals surface area contributed by atoms with Gasteiger partial charge in [0, 0.05) is 26.0 Å². The molecule has 0 unspecified atom stereocenters. The van der Waals surface area contributed by atoms with E-state index in [0.717, 1.165) is 38.7 Å². The Morgan fingerprint density at radius 3 is 2.42 bits per heavy atom. The van der Waals surface area contributed by atoms with Crippen molar-refractivity contribution in [3.63, 3.8) is 0 Å². The summed E-state index contributed by atoms with van der Waals surface area (Å²) in [5, 5.41) is 0. The topological polar surface area (TPSA) is 21.7 Å². The van der Waals surface area contributed by atoms with Crippen LogP contribution in [0.3, 0.4) is 0 Å². The van der Waals surface area contributed by atoms with E-state index in [4.69, 9.17) is 9.47 Å². The van der Waals surface area contributed by atoms with E-state index in [0.29, 0.717) is 0 Å². The van der Waals surface area contributed by atoms with Crippen molar-refractivity contribution in [1.29, 1.82) is 0 Å². The molecule has 4 heteroatoms. The Hall–Kier alpha value is 0.230. The number of rotatable bonds is 8. The van der Waals surface area contributed by atoms with Gasteiger partial charge in [0.15, 0.2) is 0 Å². The van der Waals surface area contributed by atoms with Gasteiger partial charge in [0.2, 0.25) is 0 Å². The van der Waals surface area contributed by atoms with Crippen molar-refractivity contribution in [3.8, 4) is 0 Å². The van der Waals surface area contributed by atoms with Gasteiger partial charge >= 0.3 is 0 Å². The Balaban J connectivity index is 3.02. The maximum atomic E-state index is 5.27. The van der Waals surface area contributed by atoms with Gasteiger partial charge < -0.3 is 14.4 Å². The van der Waals surface area contributed by atoms with Crippen LogP contribution < -0.4 is 0 Å². The average molecular weight is 193 g/mol. The molecule has 0 heterocycles. The number of ether oxygens (including phenoxy) is 2. The Kier molecular flexibility index (Phi) is 9.50. The van der Waals surface area contributed by atoms with Crippen LogP contribution in [0.15, 0.2) is 0 Å². The molecule has 3 nitrogen and oxygen atoms in total. The molecule has 0 rings (SSSR count). The molecule has 0 bridgehead atoms. The molecule has 0 saturated carbocycles. The SMILES string of the molecule is COCCN(C)CCOCCS. The third kappa shape index (κ3) is 8.33. The first kappa shape index (κ1) is 12.2. The van der Waals surface area contributed by atoms with E-state index in [1.807, 2.05) is 0 Å². The Morgan fingerprint density at radius 1 is 1.17 bits per heavy atom. The predicted molar refractivity (Wildman–Crippen MR) is 54.0 cm³/mol. The second kappa shape index (κ2) is 9.32. The first-order chi connectivity index (χ1) is 5.81. The summed E-state index contributed by atoms with van der Waals surface area (Å²) in [5.41, 5.74) is 0. The normalized spacial score (nSPS) is 11.0. The van der Waals surface area contributed by atoms with E-state index >= 15 is 0 Å². The fraction of sp³-hybridized carbons (Fsp3) is 1.00. The fourth-order valence-electron chi connectivity index (χ4n) is 0.746. The lowest BCUT2D eigenvalue weighted by molar-refractivity contribution is 0.107. The van der Waals surface area contributed by atoms with Gasteiger partial charge in [-0.1, -0.05) is 0 Å². The highest BCUT2D eigenvalue weighted by atomic mass is 32.1. The van der Waals surface area contributed by atoms with E-state index in [9.17, 15) is 0 Å². The van der Waals surface area contributed by atoms with Crippen LogP contribution in [0.2, 0.25) is 0 Å². The van der Waals surface area contributed by atoms with Gasteiger partial charge in [0.25, 0.3) is 0 Å². The van der Waals surface area contributed by atoms with Crippen LogP contribution >= 0.6 is 12.6 Å². The lowest BCUT2D eigenvalue weighted by Gasteiger charge is -2.15. The van der Waals surface area contributed by atoms with Crippen LogP contribution in [-0.4, -0.2) is 57.7 Å². The number of likely N-dealkylation sites (N-methyl/N-ethyl adjacent to an activating group) is 1. The Morgan fingerprint density at radius 2 is 1.83 bits per heavy atom. The standard InChI is InChI=1S/C8H19NO2S/c1-9(3-5-10-2)4-6-11-7-8-12/h12H,3-8H2,1-2H3. The first-order valence-electron chi connectivity index (χ1n) is 4.17. The molecule has 0 aliphatic carbocycles. The minimum atomic E-state index is 0.737. The number of hydrogen-bond acceptors (Lipinski definition) is 4.